The zero-order chi connectivity index (χ0) is 12.8. The summed E-state index contributed by atoms with van der Waals surface area (Å²) in [4.78, 5) is 7.26. The van der Waals surface area contributed by atoms with Crippen LogP contribution in [0.2, 0.25) is 0 Å². The Morgan fingerprint density at radius 1 is 1.39 bits per heavy atom. The second-order valence-corrected chi connectivity index (χ2v) is 4.21. The number of hydrogen-bond donors (Lipinski definition) is 1. The van der Waals surface area contributed by atoms with E-state index in [0.29, 0.717) is 0 Å². The van der Waals surface area contributed by atoms with Crippen LogP contribution in [0.1, 0.15) is 30.3 Å². The number of nitrogens with one attached hydrogen (secondary N) is 1. The molecule has 2 aromatic rings. The molecule has 0 radical (unpaired) electrons. The molecule has 0 spiro atoms. The van der Waals surface area contributed by atoms with E-state index in [1.807, 2.05) is 0 Å². The van der Waals surface area contributed by atoms with Gasteiger partial charge >= 0.3 is 6.18 Å². The van der Waals surface area contributed by atoms with Gasteiger partial charge in [-0.25, -0.2) is 9.50 Å². The topological polar surface area (TPSA) is 55.1 Å². The Morgan fingerprint density at radius 3 is 2.89 bits per heavy atom. The Labute approximate surface area is 100 Å². The normalized spacial score (nSPS) is 20.7. The predicted molar refractivity (Wildman–Crippen MR) is 55.8 cm³/mol. The lowest BCUT2D eigenvalue weighted by Gasteiger charge is -2.08. The summed E-state index contributed by atoms with van der Waals surface area (Å²) >= 11 is 0. The third kappa shape index (κ3) is 1.92. The van der Waals surface area contributed by atoms with Crippen molar-refractivity contribution >= 4 is 5.78 Å². The third-order valence-electron chi connectivity index (χ3n) is 2.93. The molecule has 0 bridgehead atoms. The molecule has 1 atom stereocenters. The quantitative estimate of drug-likeness (QED) is 0.842. The number of fused-ring (bicyclic) bond motifs is 1. The summed E-state index contributed by atoms with van der Waals surface area (Å²) in [7, 11) is 0. The monoisotopic (exact) mass is 257 g/mol. The molecule has 96 valence electrons. The molecule has 0 aromatic carbocycles. The van der Waals surface area contributed by atoms with Crippen LogP contribution < -0.4 is 5.32 Å². The molecule has 0 aliphatic carbocycles. The molecule has 18 heavy (non-hydrogen) atoms. The van der Waals surface area contributed by atoms with Crippen LogP contribution in [0.4, 0.5) is 13.2 Å². The largest absolute Gasteiger partial charge is 0.453 e. The first-order chi connectivity index (χ1) is 8.54. The molecule has 2 aromatic heterocycles. The Balaban J connectivity index is 2.01. The predicted octanol–water partition coefficient (Wildman–Crippen LogP) is 1.57. The minimum atomic E-state index is -4.54. The van der Waals surface area contributed by atoms with E-state index in [4.69, 9.17) is 0 Å². The van der Waals surface area contributed by atoms with E-state index >= 15 is 0 Å². The molecular weight excluding hydrogens is 247 g/mol. The SMILES string of the molecule is FC(F)(F)c1nc2ncc(C3CCCN3)cn2n1. The van der Waals surface area contributed by atoms with Gasteiger partial charge in [-0.1, -0.05) is 0 Å². The van der Waals surface area contributed by atoms with Gasteiger partial charge in [0.15, 0.2) is 0 Å². The molecule has 1 saturated heterocycles. The Morgan fingerprint density at radius 2 is 2.22 bits per heavy atom. The summed E-state index contributed by atoms with van der Waals surface area (Å²) < 4.78 is 38.4. The minimum Gasteiger partial charge on any atom is -0.310 e. The zero-order valence-corrected chi connectivity index (χ0v) is 9.28. The van der Waals surface area contributed by atoms with E-state index in [1.54, 1.807) is 12.4 Å². The highest BCUT2D eigenvalue weighted by molar-refractivity contribution is 5.29. The minimum absolute atomic E-state index is 0.0379. The van der Waals surface area contributed by atoms with Crippen molar-refractivity contribution in [2.24, 2.45) is 0 Å². The fourth-order valence-electron chi connectivity index (χ4n) is 2.07. The molecular formula is C10H10F3N5. The maximum absolute atomic E-state index is 12.4. The average molecular weight is 257 g/mol. The van der Waals surface area contributed by atoms with Crippen LogP contribution in [0.3, 0.4) is 0 Å². The van der Waals surface area contributed by atoms with Crippen LogP contribution in [0.15, 0.2) is 12.4 Å². The van der Waals surface area contributed by atoms with E-state index < -0.39 is 12.0 Å². The van der Waals surface area contributed by atoms with Gasteiger partial charge < -0.3 is 5.32 Å². The standard InChI is InChI=1S/C10H10F3N5/c11-10(12,13)8-16-9-15-4-6(5-18(9)17-8)7-2-1-3-14-7/h4-5,7,14H,1-3H2. The summed E-state index contributed by atoms with van der Waals surface area (Å²) in [6.45, 7) is 0.911. The highest BCUT2D eigenvalue weighted by Crippen LogP contribution is 2.27. The molecule has 0 saturated carbocycles. The van der Waals surface area contributed by atoms with Gasteiger partial charge in [-0.05, 0) is 19.4 Å². The second kappa shape index (κ2) is 3.91. The molecule has 1 N–H and O–H groups in total. The highest BCUT2D eigenvalue weighted by Gasteiger charge is 2.36. The summed E-state index contributed by atoms with van der Waals surface area (Å²) in [5.41, 5.74) is 0.832. The Kier molecular flexibility index (Phi) is 2.47. The van der Waals surface area contributed by atoms with Gasteiger partial charge in [0.25, 0.3) is 11.6 Å². The van der Waals surface area contributed by atoms with E-state index in [-0.39, 0.29) is 11.8 Å². The zero-order valence-electron chi connectivity index (χ0n) is 9.28. The van der Waals surface area contributed by atoms with E-state index in [0.717, 1.165) is 29.5 Å². The van der Waals surface area contributed by atoms with E-state index in [1.165, 1.54) is 0 Å². The van der Waals surface area contributed by atoms with Crippen LogP contribution in [0.5, 0.6) is 0 Å². The van der Waals surface area contributed by atoms with Gasteiger partial charge in [-0.3, -0.25) is 0 Å². The van der Waals surface area contributed by atoms with E-state index in [2.05, 4.69) is 20.4 Å². The maximum Gasteiger partial charge on any atom is 0.453 e. The lowest BCUT2D eigenvalue weighted by Crippen LogP contribution is -2.14. The fraction of sp³-hybridized carbons (Fsp3) is 0.500. The fourth-order valence-corrected chi connectivity index (χ4v) is 2.07. The van der Waals surface area contributed by atoms with Crippen molar-refractivity contribution in [2.45, 2.75) is 25.1 Å². The van der Waals surface area contributed by atoms with Crippen molar-refractivity contribution < 1.29 is 13.2 Å². The average Bonchev–Trinajstić information content (AvgIpc) is 2.96. The number of hydrogen-bond acceptors (Lipinski definition) is 4. The number of alkyl halides is 3. The van der Waals surface area contributed by atoms with Crippen LogP contribution in [-0.4, -0.2) is 26.1 Å². The first-order valence-electron chi connectivity index (χ1n) is 5.57. The first kappa shape index (κ1) is 11.4. The lowest BCUT2D eigenvalue weighted by molar-refractivity contribution is -0.144. The third-order valence-corrected chi connectivity index (χ3v) is 2.93. The number of nitrogens with zero attached hydrogens (tertiary/aromatic N) is 4. The maximum atomic E-state index is 12.4. The van der Waals surface area contributed by atoms with Crippen molar-refractivity contribution in [1.82, 2.24) is 24.9 Å². The number of rotatable bonds is 1. The molecule has 8 heteroatoms. The van der Waals surface area contributed by atoms with Crippen molar-refractivity contribution in [1.29, 1.82) is 0 Å². The molecule has 3 heterocycles. The van der Waals surface area contributed by atoms with Crippen LogP contribution >= 0.6 is 0 Å². The lowest BCUT2D eigenvalue weighted by atomic mass is 10.1. The van der Waals surface area contributed by atoms with E-state index in [9.17, 15) is 13.2 Å². The van der Waals surface area contributed by atoms with Crippen LogP contribution in [0, 0.1) is 0 Å². The van der Waals surface area contributed by atoms with Gasteiger partial charge in [0, 0.05) is 24.0 Å². The Hall–Kier alpha value is -1.70. The van der Waals surface area contributed by atoms with Crippen molar-refractivity contribution in [3.63, 3.8) is 0 Å². The van der Waals surface area contributed by atoms with Gasteiger partial charge in [-0.2, -0.15) is 18.2 Å². The summed E-state index contributed by atoms with van der Waals surface area (Å²) in [5.74, 6) is -1.20. The van der Waals surface area contributed by atoms with Crippen molar-refractivity contribution in [3.8, 4) is 0 Å². The van der Waals surface area contributed by atoms with Gasteiger partial charge in [-0.15, -0.1) is 5.10 Å². The highest BCUT2D eigenvalue weighted by atomic mass is 19.4. The molecule has 1 fully saturated rings. The van der Waals surface area contributed by atoms with Crippen molar-refractivity contribution in [3.05, 3.63) is 23.8 Å². The van der Waals surface area contributed by atoms with Crippen LogP contribution in [0.25, 0.3) is 5.78 Å². The molecule has 1 aliphatic heterocycles. The number of aromatic nitrogens is 4. The second-order valence-electron chi connectivity index (χ2n) is 4.21. The van der Waals surface area contributed by atoms with Crippen LogP contribution in [-0.2, 0) is 6.18 Å². The first-order valence-corrected chi connectivity index (χ1v) is 5.57. The Bertz CT molecular complexity index is 570. The summed E-state index contributed by atoms with van der Waals surface area (Å²) in [6, 6.07) is 0.139. The summed E-state index contributed by atoms with van der Waals surface area (Å²) in [6.07, 6.45) is 0.558. The molecule has 1 aliphatic rings. The van der Waals surface area contributed by atoms with Gasteiger partial charge in [0.1, 0.15) is 0 Å². The molecule has 3 rings (SSSR count). The van der Waals surface area contributed by atoms with Gasteiger partial charge in [0.05, 0.1) is 0 Å². The summed E-state index contributed by atoms with van der Waals surface area (Å²) in [5, 5.41) is 6.66. The molecule has 1 unspecified atom stereocenters. The molecule has 5 nitrogen and oxygen atoms in total. The number of halogens is 3. The van der Waals surface area contributed by atoms with Crippen molar-refractivity contribution in [2.75, 3.05) is 6.54 Å². The molecule has 0 amide bonds. The smallest absolute Gasteiger partial charge is 0.310 e. The van der Waals surface area contributed by atoms with Gasteiger partial charge in [0.2, 0.25) is 0 Å².